The second-order valence-electron chi connectivity index (χ2n) is 21.7. The summed E-state index contributed by atoms with van der Waals surface area (Å²) in [5.74, 6) is 8.00. The summed E-state index contributed by atoms with van der Waals surface area (Å²) in [5.41, 5.74) is 5.15. The molecule has 20 nitrogen and oxygen atoms in total. The number of likely N-dealkylation sites (tertiary alicyclic amines) is 1. The predicted molar refractivity (Wildman–Crippen MR) is 344 cm³/mol. The van der Waals surface area contributed by atoms with Gasteiger partial charge in [-0.25, -0.2) is 14.4 Å². The summed E-state index contributed by atoms with van der Waals surface area (Å²) in [7, 11) is -5.57. The van der Waals surface area contributed by atoms with Crippen LogP contribution in [0, 0.1) is 27.7 Å². The molecule has 0 radical (unpaired) electrons. The van der Waals surface area contributed by atoms with Gasteiger partial charge in [-0.05, 0) is 110 Å². The Morgan fingerprint density at radius 1 is 0.534 bits per heavy atom. The number of alkyl carbamates (subject to hydrolysis) is 2. The molecule has 0 bridgehead atoms. The number of carbonyl (C=O) groups excluding carboxylic acids is 3. The van der Waals surface area contributed by atoms with E-state index in [9.17, 15) is 24.6 Å². The van der Waals surface area contributed by atoms with Gasteiger partial charge in [0.05, 0.1) is 12.6 Å². The Kier molecular flexibility index (Phi) is 30.2. The Hall–Kier alpha value is -6.10. The first kappa shape index (κ1) is 72.6. The maximum atomic E-state index is 13.7. The number of hydrogen-bond donors (Lipinski definition) is 7. The fraction of sp³-hybridized carbons (Fsp3) is 0.500. The van der Waals surface area contributed by atoms with E-state index in [-0.39, 0.29) is 31.7 Å². The summed E-state index contributed by atoms with van der Waals surface area (Å²) in [6.07, 6.45) is -0.802. The minimum Gasteiger partial charge on any atom is -0.445 e. The highest BCUT2D eigenvalue weighted by molar-refractivity contribution is 6.61. The Morgan fingerprint density at radius 2 is 0.898 bits per heavy atom. The molecule has 2 heterocycles. The Labute approximate surface area is 523 Å². The van der Waals surface area contributed by atoms with E-state index in [1.54, 1.807) is 0 Å². The van der Waals surface area contributed by atoms with Gasteiger partial charge in [-0.1, -0.05) is 150 Å². The zero-order valence-electron chi connectivity index (χ0n) is 53.3. The van der Waals surface area contributed by atoms with E-state index in [0.29, 0.717) is 102 Å². The van der Waals surface area contributed by atoms with Crippen LogP contribution >= 0.6 is 0 Å². The van der Waals surface area contributed by atoms with Gasteiger partial charge in [-0.3, -0.25) is 16.6 Å². The van der Waals surface area contributed by atoms with Gasteiger partial charge in [0.15, 0.2) is 0 Å². The molecule has 5 aromatic carbocycles. The number of amides is 3. The van der Waals surface area contributed by atoms with Crippen LogP contribution < -0.4 is 27.6 Å². The molecule has 3 amide bonds. The van der Waals surface area contributed by atoms with Crippen molar-refractivity contribution in [3.05, 3.63) is 177 Å². The van der Waals surface area contributed by atoms with Crippen LogP contribution in [0.1, 0.15) is 117 Å². The molecule has 88 heavy (non-hydrogen) atoms. The zero-order valence-corrected chi connectivity index (χ0v) is 55.3. The summed E-state index contributed by atoms with van der Waals surface area (Å²) in [6.45, 7) is 23.9. The van der Waals surface area contributed by atoms with Crippen molar-refractivity contribution in [3.8, 4) is 0 Å². The number of carbonyl (C=O) groups is 3. The number of hydrazine groups is 1. The molecule has 9 N–H and O–H groups in total. The molecule has 0 aliphatic carbocycles. The molecule has 0 saturated carbocycles. The molecule has 484 valence electrons. The highest BCUT2D eigenvalue weighted by Gasteiger charge is 2.52. The topological polar surface area (TPSA) is 266 Å². The third-order valence-electron chi connectivity index (χ3n) is 15.3. The molecule has 5 aromatic rings. The highest BCUT2D eigenvalue weighted by atomic mass is 28.4. The van der Waals surface area contributed by atoms with Gasteiger partial charge in [-0.15, -0.1) is 0 Å². The van der Waals surface area contributed by atoms with E-state index >= 15 is 0 Å². The summed E-state index contributed by atoms with van der Waals surface area (Å²) in [6, 6.07) is 40.6. The van der Waals surface area contributed by atoms with Crippen LogP contribution in [-0.4, -0.2) is 141 Å². The van der Waals surface area contributed by atoms with Crippen LogP contribution in [0.25, 0.3) is 0 Å². The molecule has 2 aliphatic heterocycles. The predicted octanol–water partition coefficient (Wildman–Crippen LogP) is 9.74. The van der Waals surface area contributed by atoms with Gasteiger partial charge in [0.2, 0.25) is 0 Å². The first-order valence-corrected chi connectivity index (χ1v) is 34.8. The number of nitrogens with zero attached hydrogens (tertiary/aromatic N) is 1. The molecular weight excluding hydrogens is 1160 g/mol. The SMILES string of the molecule is CCO[Si](CCCNC(=O)O[C@@H]1C[C@@H](C(O)(c2ccc(C)cc2)c2ccc(C)cc2)N(C(=O)OCc2ccccc2)C1)(OCC)OCC.CCO[Si](CCCNC(=O)O[C@H]1CN[C@H](C(O)(c2ccc(C)cc2)c2ccc(C)cc2)C1)(OCC)OCC.NN. The highest BCUT2D eigenvalue weighted by Crippen LogP contribution is 2.42. The number of ether oxygens (including phenoxy) is 3. The normalized spacial score (nSPS) is 16.8. The summed E-state index contributed by atoms with van der Waals surface area (Å²) in [5, 5.41) is 33.9. The number of benzene rings is 5. The lowest BCUT2D eigenvalue weighted by molar-refractivity contribution is -0.00705. The second kappa shape index (κ2) is 36.5. The van der Waals surface area contributed by atoms with Crippen molar-refractivity contribution >= 4 is 35.9 Å². The lowest BCUT2D eigenvalue weighted by Gasteiger charge is -2.39. The van der Waals surface area contributed by atoms with Crippen molar-refractivity contribution in [2.45, 2.75) is 149 Å². The van der Waals surface area contributed by atoms with E-state index in [1.165, 1.54) is 4.90 Å². The minimum atomic E-state index is -2.84. The molecule has 0 aromatic heterocycles. The van der Waals surface area contributed by atoms with Crippen molar-refractivity contribution in [1.82, 2.24) is 20.9 Å². The minimum absolute atomic E-state index is 0.0563. The maximum absolute atomic E-state index is 13.7. The third kappa shape index (κ3) is 20.5. The van der Waals surface area contributed by atoms with Crippen molar-refractivity contribution in [3.63, 3.8) is 0 Å². The van der Waals surface area contributed by atoms with Crippen molar-refractivity contribution in [2.75, 3.05) is 65.8 Å². The van der Waals surface area contributed by atoms with Gasteiger partial charge >= 0.3 is 35.9 Å². The molecule has 2 aliphatic rings. The fourth-order valence-electron chi connectivity index (χ4n) is 11.1. The van der Waals surface area contributed by atoms with Crippen LogP contribution in [0.3, 0.4) is 0 Å². The van der Waals surface area contributed by atoms with E-state index < -0.39 is 59.2 Å². The van der Waals surface area contributed by atoms with E-state index in [4.69, 9.17) is 40.8 Å². The first-order chi connectivity index (χ1) is 42.4. The van der Waals surface area contributed by atoms with E-state index in [1.807, 2.05) is 197 Å². The number of aryl methyl sites for hydroxylation is 4. The first-order valence-electron chi connectivity index (χ1n) is 30.9. The van der Waals surface area contributed by atoms with Gasteiger partial charge in [0.25, 0.3) is 0 Å². The monoisotopic (exact) mass is 1250 g/mol. The molecular formula is C66H98N6O14Si2. The number of nitrogens with two attached hydrogens (primary N) is 2. The molecule has 22 heteroatoms. The molecule has 0 unspecified atom stereocenters. The number of hydrogen-bond acceptors (Lipinski definition) is 17. The van der Waals surface area contributed by atoms with Gasteiger partial charge in [-0.2, -0.15) is 0 Å². The number of aliphatic hydroxyl groups is 2. The van der Waals surface area contributed by atoms with Crippen LogP contribution in [-0.2, 0) is 58.6 Å². The summed E-state index contributed by atoms with van der Waals surface area (Å²) < 4.78 is 52.7. The zero-order chi connectivity index (χ0) is 64.2. The van der Waals surface area contributed by atoms with Crippen LogP contribution in [0.15, 0.2) is 127 Å². The van der Waals surface area contributed by atoms with E-state index in [2.05, 4.69) is 27.6 Å². The molecule has 0 spiro atoms. The number of rotatable bonds is 30. The Bertz CT molecular complexity index is 2700. The smallest absolute Gasteiger partial charge is 0.445 e. The van der Waals surface area contributed by atoms with E-state index in [0.717, 1.165) is 38.9 Å². The standard InChI is InChI=1S/C37H50N2O8Si.C29H44N2O6Si.H4N2/c1-6-44-48(45-7-2,46-8-3)24-12-23-38-35(40)47-33-25-34(39(26-33)36(41)43-27-30-13-10-9-11-14-30)37(42,31-19-15-28(4)16-20-31)32-21-17-29(5)18-22-32;1-6-34-38(35-7-2,36-8-3)19-9-18-30-28(32)37-26-20-27(31-21-26)29(33,24-14-10-22(4)11-15-24)25-16-12-23(5)13-17-25;1-2/h9-11,13-22,33-34,42H,6-8,12,23-27H2,1-5H3,(H,38,40);10-17,26-27,31,33H,6-9,18-21H2,1-5H3,(H,30,32);1-2H2/t33-,34+;26-,27+;/m11./s1. The summed E-state index contributed by atoms with van der Waals surface area (Å²) in [4.78, 5) is 40.9. The van der Waals surface area contributed by atoms with Crippen LogP contribution in [0.2, 0.25) is 12.1 Å². The lowest BCUT2D eigenvalue weighted by atomic mass is 9.78. The Morgan fingerprint density at radius 3 is 1.27 bits per heavy atom. The van der Waals surface area contributed by atoms with Crippen molar-refractivity contribution in [2.24, 2.45) is 11.7 Å². The molecule has 4 atom stereocenters. The largest absolute Gasteiger partial charge is 0.500 e. The van der Waals surface area contributed by atoms with Gasteiger partial charge in [0, 0.05) is 90.2 Å². The Balaban J connectivity index is 0.000000320. The maximum Gasteiger partial charge on any atom is 0.500 e. The average molecular weight is 1260 g/mol. The summed E-state index contributed by atoms with van der Waals surface area (Å²) >= 11 is 0. The average Bonchev–Trinajstić information content (AvgIpc) is 1.52. The van der Waals surface area contributed by atoms with Crippen molar-refractivity contribution in [1.29, 1.82) is 0 Å². The lowest BCUT2D eigenvalue weighted by Crippen LogP contribution is -2.50. The second-order valence-corrected chi connectivity index (χ2v) is 27.2. The van der Waals surface area contributed by atoms with Crippen molar-refractivity contribution < 1.29 is 65.4 Å². The van der Waals surface area contributed by atoms with Crippen LogP contribution in [0.5, 0.6) is 0 Å². The molecule has 2 fully saturated rings. The quantitative estimate of drug-likeness (QED) is 0.00741. The van der Waals surface area contributed by atoms with Gasteiger partial charge < -0.3 is 66.9 Å². The van der Waals surface area contributed by atoms with Crippen LogP contribution in [0.4, 0.5) is 14.4 Å². The molecule has 7 rings (SSSR count). The molecule has 2 saturated heterocycles. The van der Waals surface area contributed by atoms with Gasteiger partial charge in [0.1, 0.15) is 30.0 Å². The number of nitrogens with one attached hydrogen (secondary N) is 3. The fourth-order valence-corrected chi connectivity index (χ4v) is 16.3. The third-order valence-corrected chi connectivity index (χ3v) is 21.6.